The van der Waals surface area contributed by atoms with Crippen LogP contribution in [0.3, 0.4) is 0 Å². The summed E-state index contributed by atoms with van der Waals surface area (Å²) in [5.41, 5.74) is 6.40. The fourth-order valence-corrected chi connectivity index (χ4v) is 3.46. The van der Waals surface area contributed by atoms with E-state index in [1.54, 1.807) is 0 Å². The molecular formula is C14H29NO. The zero-order valence-electron chi connectivity index (χ0n) is 12.1. The third-order valence-corrected chi connectivity index (χ3v) is 4.41. The average molecular weight is 227 g/mol. The van der Waals surface area contributed by atoms with E-state index in [0.29, 0.717) is 11.8 Å². The van der Waals surface area contributed by atoms with Gasteiger partial charge in [-0.1, -0.05) is 20.8 Å². The van der Waals surface area contributed by atoms with Gasteiger partial charge in [0.15, 0.2) is 0 Å². The van der Waals surface area contributed by atoms with E-state index < -0.39 is 0 Å². The molecule has 96 valence electrons. The van der Waals surface area contributed by atoms with Crippen LogP contribution in [0, 0.1) is 11.8 Å². The molecule has 2 unspecified atom stereocenters. The molecule has 2 nitrogen and oxygen atoms in total. The molecule has 0 spiro atoms. The fraction of sp³-hybridized carbons (Fsp3) is 1.00. The summed E-state index contributed by atoms with van der Waals surface area (Å²) in [6, 6.07) is 0. The van der Waals surface area contributed by atoms with Crippen molar-refractivity contribution in [2.45, 2.75) is 78.0 Å². The Morgan fingerprint density at radius 1 is 1.31 bits per heavy atom. The summed E-state index contributed by atoms with van der Waals surface area (Å²) in [7, 11) is 0. The second-order valence-electron chi connectivity index (χ2n) is 6.84. The van der Waals surface area contributed by atoms with E-state index in [1.165, 1.54) is 0 Å². The maximum absolute atomic E-state index is 6.66. The van der Waals surface area contributed by atoms with Crippen molar-refractivity contribution >= 4 is 0 Å². The first-order valence-electron chi connectivity index (χ1n) is 6.54. The molecule has 0 aromatic rings. The maximum atomic E-state index is 6.66. The largest absolute Gasteiger partial charge is 0.369 e. The van der Waals surface area contributed by atoms with Gasteiger partial charge in [-0.25, -0.2) is 0 Å². The van der Waals surface area contributed by atoms with Gasteiger partial charge in [-0.3, -0.25) is 0 Å². The van der Waals surface area contributed by atoms with Gasteiger partial charge >= 0.3 is 0 Å². The van der Waals surface area contributed by atoms with Gasteiger partial charge in [0.05, 0.1) is 11.2 Å². The van der Waals surface area contributed by atoms with Crippen molar-refractivity contribution in [2.75, 3.05) is 0 Å². The Morgan fingerprint density at radius 2 is 1.81 bits per heavy atom. The lowest BCUT2D eigenvalue weighted by atomic mass is 9.66. The number of hydrogen-bond acceptors (Lipinski definition) is 2. The second-order valence-corrected chi connectivity index (χ2v) is 6.84. The van der Waals surface area contributed by atoms with Crippen LogP contribution in [0.15, 0.2) is 0 Å². The minimum Gasteiger partial charge on any atom is -0.369 e. The van der Waals surface area contributed by atoms with Crippen molar-refractivity contribution in [1.29, 1.82) is 0 Å². The number of nitrogens with two attached hydrogens (primary N) is 1. The molecule has 2 N–H and O–H groups in total. The zero-order valence-corrected chi connectivity index (χ0v) is 12.1. The molecule has 0 aliphatic carbocycles. The van der Waals surface area contributed by atoms with Gasteiger partial charge < -0.3 is 10.5 Å². The van der Waals surface area contributed by atoms with E-state index in [1.807, 2.05) is 0 Å². The van der Waals surface area contributed by atoms with Crippen LogP contribution in [0.5, 0.6) is 0 Å². The molecule has 1 fully saturated rings. The zero-order chi connectivity index (χ0) is 12.8. The van der Waals surface area contributed by atoms with Gasteiger partial charge in [0.25, 0.3) is 0 Å². The average Bonchev–Trinajstić information content (AvgIpc) is 2.33. The SMILES string of the molecule is CCC(N)(C(C)C)C1CC(C)(C)OC1(C)C. The predicted octanol–water partition coefficient (Wildman–Crippen LogP) is 3.34. The van der Waals surface area contributed by atoms with E-state index in [4.69, 9.17) is 10.5 Å². The highest BCUT2D eigenvalue weighted by atomic mass is 16.5. The summed E-state index contributed by atoms with van der Waals surface area (Å²) < 4.78 is 6.17. The number of hydrogen-bond donors (Lipinski definition) is 1. The first-order valence-corrected chi connectivity index (χ1v) is 6.54. The third-order valence-electron chi connectivity index (χ3n) is 4.41. The lowest BCUT2D eigenvalue weighted by Crippen LogP contribution is -2.56. The van der Waals surface area contributed by atoms with Crippen LogP contribution in [0.1, 0.15) is 61.3 Å². The van der Waals surface area contributed by atoms with Gasteiger partial charge in [-0.05, 0) is 46.5 Å². The minimum atomic E-state index is -0.114. The Balaban J connectivity index is 3.04. The molecule has 0 aromatic heterocycles. The number of ether oxygens (including phenoxy) is 1. The molecule has 0 aromatic carbocycles. The van der Waals surface area contributed by atoms with Crippen molar-refractivity contribution in [3.63, 3.8) is 0 Å². The standard InChI is InChI=1S/C14H29NO/c1-8-14(15,10(2)3)11-9-12(4,5)16-13(11,6)7/h10-11H,8-9,15H2,1-7H3. The van der Waals surface area contributed by atoms with E-state index >= 15 is 0 Å². The third kappa shape index (κ3) is 2.28. The minimum absolute atomic E-state index is 0.0388. The lowest BCUT2D eigenvalue weighted by molar-refractivity contribution is -0.0850. The molecule has 1 heterocycles. The Hall–Kier alpha value is -0.0800. The molecule has 1 aliphatic rings. The normalized spacial score (nSPS) is 31.7. The van der Waals surface area contributed by atoms with Gasteiger partial charge in [-0.15, -0.1) is 0 Å². The fourth-order valence-electron chi connectivity index (χ4n) is 3.46. The van der Waals surface area contributed by atoms with Gasteiger partial charge in [0.2, 0.25) is 0 Å². The Morgan fingerprint density at radius 3 is 2.06 bits per heavy atom. The monoisotopic (exact) mass is 227 g/mol. The van der Waals surface area contributed by atoms with Crippen LogP contribution in [0.4, 0.5) is 0 Å². The van der Waals surface area contributed by atoms with Gasteiger partial charge in [0.1, 0.15) is 0 Å². The molecule has 0 amide bonds. The van der Waals surface area contributed by atoms with Crippen LogP contribution in [0.2, 0.25) is 0 Å². The van der Waals surface area contributed by atoms with Crippen molar-refractivity contribution in [3.8, 4) is 0 Å². The highest BCUT2D eigenvalue weighted by molar-refractivity contribution is 5.06. The van der Waals surface area contributed by atoms with Crippen molar-refractivity contribution in [2.24, 2.45) is 17.6 Å². The quantitative estimate of drug-likeness (QED) is 0.802. The van der Waals surface area contributed by atoms with Crippen molar-refractivity contribution in [3.05, 3.63) is 0 Å². The molecule has 1 aliphatic heterocycles. The Kier molecular flexibility index (Phi) is 3.49. The predicted molar refractivity (Wildman–Crippen MR) is 69.4 cm³/mol. The van der Waals surface area contributed by atoms with E-state index in [-0.39, 0.29) is 16.7 Å². The first-order chi connectivity index (χ1) is 7.05. The topological polar surface area (TPSA) is 35.2 Å². The number of rotatable bonds is 3. The molecule has 1 rings (SSSR count). The van der Waals surface area contributed by atoms with E-state index in [9.17, 15) is 0 Å². The van der Waals surface area contributed by atoms with Crippen LogP contribution in [-0.2, 0) is 4.74 Å². The highest BCUT2D eigenvalue weighted by Gasteiger charge is 2.54. The molecule has 0 radical (unpaired) electrons. The van der Waals surface area contributed by atoms with Crippen molar-refractivity contribution < 1.29 is 4.74 Å². The molecular weight excluding hydrogens is 198 g/mol. The van der Waals surface area contributed by atoms with Crippen LogP contribution >= 0.6 is 0 Å². The summed E-state index contributed by atoms with van der Waals surface area (Å²) in [6.45, 7) is 15.4. The van der Waals surface area contributed by atoms with Crippen LogP contribution in [0.25, 0.3) is 0 Å². The first kappa shape index (κ1) is 14.0. The van der Waals surface area contributed by atoms with Crippen LogP contribution < -0.4 is 5.73 Å². The van der Waals surface area contributed by atoms with E-state index in [0.717, 1.165) is 12.8 Å². The second kappa shape index (κ2) is 3.99. The lowest BCUT2D eigenvalue weighted by Gasteiger charge is -2.43. The summed E-state index contributed by atoms with van der Waals surface area (Å²) in [5, 5.41) is 0. The summed E-state index contributed by atoms with van der Waals surface area (Å²) in [6.07, 6.45) is 2.07. The van der Waals surface area contributed by atoms with Crippen molar-refractivity contribution in [1.82, 2.24) is 0 Å². The summed E-state index contributed by atoms with van der Waals surface area (Å²) in [4.78, 5) is 0. The smallest absolute Gasteiger partial charge is 0.0680 e. The molecule has 0 bridgehead atoms. The molecule has 2 atom stereocenters. The van der Waals surface area contributed by atoms with E-state index in [2.05, 4.69) is 48.5 Å². The highest BCUT2D eigenvalue weighted by Crippen LogP contribution is 2.49. The van der Waals surface area contributed by atoms with Crippen LogP contribution in [-0.4, -0.2) is 16.7 Å². The summed E-state index contributed by atoms with van der Waals surface area (Å²) in [5.74, 6) is 0.916. The summed E-state index contributed by atoms with van der Waals surface area (Å²) >= 11 is 0. The Labute approximate surface area is 101 Å². The maximum Gasteiger partial charge on any atom is 0.0680 e. The molecule has 16 heavy (non-hydrogen) atoms. The Bertz CT molecular complexity index is 257. The van der Waals surface area contributed by atoms with Gasteiger partial charge in [0, 0.05) is 11.5 Å². The molecule has 1 saturated heterocycles. The molecule has 0 saturated carbocycles. The molecule has 2 heteroatoms. The van der Waals surface area contributed by atoms with Gasteiger partial charge in [-0.2, -0.15) is 0 Å².